The Labute approximate surface area is 122 Å². The SMILES string of the molecule is Cc1cnn(CC(=O)N2CCOCC2c2[nH]ncc2C)c1. The molecule has 1 unspecified atom stereocenters. The van der Waals surface area contributed by atoms with E-state index in [4.69, 9.17) is 4.74 Å². The third kappa shape index (κ3) is 2.82. The Morgan fingerprint density at radius 2 is 2.33 bits per heavy atom. The van der Waals surface area contributed by atoms with Gasteiger partial charge in [-0.05, 0) is 25.0 Å². The molecule has 1 aliphatic heterocycles. The van der Waals surface area contributed by atoms with Crippen molar-refractivity contribution in [1.29, 1.82) is 0 Å². The van der Waals surface area contributed by atoms with Crippen LogP contribution in [0, 0.1) is 13.8 Å². The lowest BCUT2D eigenvalue weighted by Crippen LogP contribution is -2.45. The number of aromatic amines is 1. The molecule has 112 valence electrons. The van der Waals surface area contributed by atoms with E-state index >= 15 is 0 Å². The Balaban J connectivity index is 1.77. The summed E-state index contributed by atoms with van der Waals surface area (Å²) in [4.78, 5) is 14.4. The molecule has 0 saturated carbocycles. The molecular weight excluding hydrogens is 270 g/mol. The fourth-order valence-electron chi connectivity index (χ4n) is 2.62. The molecule has 2 aromatic rings. The molecule has 0 bridgehead atoms. The normalized spacial score (nSPS) is 19.0. The van der Waals surface area contributed by atoms with Crippen molar-refractivity contribution in [2.24, 2.45) is 0 Å². The first kappa shape index (κ1) is 13.8. The Bertz CT molecular complexity index is 633. The van der Waals surface area contributed by atoms with Crippen molar-refractivity contribution in [1.82, 2.24) is 24.9 Å². The van der Waals surface area contributed by atoms with Gasteiger partial charge in [0.15, 0.2) is 0 Å². The van der Waals surface area contributed by atoms with E-state index in [0.717, 1.165) is 16.8 Å². The zero-order valence-electron chi connectivity index (χ0n) is 12.2. The number of nitrogens with zero attached hydrogens (tertiary/aromatic N) is 4. The topological polar surface area (TPSA) is 76.0 Å². The van der Waals surface area contributed by atoms with Gasteiger partial charge in [0.25, 0.3) is 0 Å². The Hall–Kier alpha value is -2.15. The third-order valence-corrected chi connectivity index (χ3v) is 3.71. The summed E-state index contributed by atoms with van der Waals surface area (Å²) in [5, 5.41) is 11.2. The minimum Gasteiger partial charge on any atom is -0.377 e. The van der Waals surface area contributed by atoms with Crippen LogP contribution in [0.25, 0.3) is 0 Å². The summed E-state index contributed by atoms with van der Waals surface area (Å²) in [7, 11) is 0. The van der Waals surface area contributed by atoms with Gasteiger partial charge < -0.3 is 9.64 Å². The molecule has 1 amide bonds. The van der Waals surface area contributed by atoms with Crippen molar-refractivity contribution in [2.45, 2.75) is 26.4 Å². The van der Waals surface area contributed by atoms with E-state index in [1.807, 2.05) is 24.9 Å². The van der Waals surface area contributed by atoms with Gasteiger partial charge >= 0.3 is 0 Å². The van der Waals surface area contributed by atoms with Gasteiger partial charge in [-0.25, -0.2) is 0 Å². The molecular formula is C14H19N5O2. The molecule has 21 heavy (non-hydrogen) atoms. The van der Waals surface area contributed by atoms with Crippen LogP contribution in [0.15, 0.2) is 18.6 Å². The zero-order valence-corrected chi connectivity index (χ0v) is 12.2. The van der Waals surface area contributed by atoms with Crippen molar-refractivity contribution >= 4 is 5.91 Å². The van der Waals surface area contributed by atoms with Crippen molar-refractivity contribution in [3.05, 3.63) is 35.4 Å². The molecule has 3 heterocycles. The lowest BCUT2D eigenvalue weighted by Gasteiger charge is -2.35. The van der Waals surface area contributed by atoms with E-state index in [9.17, 15) is 4.79 Å². The van der Waals surface area contributed by atoms with Gasteiger partial charge in [0, 0.05) is 12.7 Å². The summed E-state index contributed by atoms with van der Waals surface area (Å²) in [6.45, 7) is 5.83. The van der Waals surface area contributed by atoms with E-state index in [2.05, 4.69) is 15.3 Å². The number of hydrogen-bond donors (Lipinski definition) is 1. The number of hydrogen-bond acceptors (Lipinski definition) is 4. The fourth-order valence-corrected chi connectivity index (χ4v) is 2.62. The minimum atomic E-state index is -0.106. The summed E-state index contributed by atoms with van der Waals surface area (Å²) in [6, 6.07) is -0.106. The van der Waals surface area contributed by atoms with Crippen LogP contribution in [-0.4, -0.2) is 50.5 Å². The number of ether oxygens (including phenoxy) is 1. The molecule has 1 saturated heterocycles. The van der Waals surface area contributed by atoms with E-state index in [0.29, 0.717) is 19.8 Å². The summed E-state index contributed by atoms with van der Waals surface area (Å²) in [5.41, 5.74) is 3.03. The molecule has 1 aliphatic rings. The van der Waals surface area contributed by atoms with Gasteiger partial charge in [-0.15, -0.1) is 0 Å². The third-order valence-electron chi connectivity index (χ3n) is 3.71. The first-order valence-corrected chi connectivity index (χ1v) is 7.01. The first-order valence-electron chi connectivity index (χ1n) is 7.01. The van der Waals surface area contributed by atoms with Crippen molar-refractivity contribution in [2.75, 3.05) is 19.8 Å². The quantitative estimate of drug-likeness (QED) is 0.907. The number of morpholine rings is 1. The van der Waals surface area contributed by atoms with Crippen LogP contribution in [0.2, 0.25) is 0 Å². The Kier molecular flexibility index (Phi) is 3.74. The van der Waals surface area contributed by atoms with Crippen LogP contribution in [-0.2, 0) is 16.1 Å². The van der Waals surface area contributed by atoms with Gasteiger partial charge in [0.05, 0.1) is 37.3 Å². The average molecular weight is 289 g/mol. The van der Waals surface area contributed by atoms with E-state index in [1.54, 1.807) is 17.1 Å². The second-order valence-electron chi connectivity index (χ2n) is 5.36. The second kappa shape index (κ2) is 5.69. The predicted molar refractivity (Wildman–Crippen MR) is 75.6 cm³/mol. The lowest BCUT2D eigenvalue weighted by atomic mass is 10.1. The van der Waals surface area contributed by atoms with Crippen LogP contribution >= 0.6 is 0 Å². The number of aryl methyl sites for hydroxylation is 2. The maximum absolute atomic E-state index is 12.6. The number of carbonyl (C=O) groups excluding carboxylic acids is 1. The van der Waals surface area contributed by atoms with Gasteiger partial charge in [0.1, 0.15) is 6.54 Å². The minimum absolute atomic E-state index is 0.0420. The Morgan fingerprint density at radius 1 is 1.48 bits per heavy atom. The first-order chi connectivity index (χ1) is 10.1. The molecule has 1 fully saturated rings. The van der Waals surface area contributed by atoms with Crippen molar-refractivity contribution < 1.29 is 9.53 Å². The molecule has 1 atom stereocenters. The Morgan fingerprint density at radius 3 is 3.00 bits per heavy atom. The van der Waals surface area contributed by atoms with Crippen LogP contribution in [0.4, 0.5) is 0 Å². The predicted octanol–water partition coefficient (Wildman–Crippen LogP) is 0.823. The maximum Gasteiger partial charge on any atom is 0.245 e. The smallest absolute Gasteiger partial charge is 0.245 e. The van der Waals surface area contributed by atoms with Crippen molar-refractivity contribution in [3.8, 4) is 0 Å². The lowest BCUT2D eigenvalue weighted by molar-refractivity contribution is -0.141. The highest BCUT2D eigenvalue weighted by Crippen LogP contribution is 2.25. The molecule has 3 rings (SSSR count). The monoisotopic (exact) mass is 289 g/mol. The maximum atomic E-state index is 12.6. The van der Waals surface area contributed by atoms with Gasteiger partial charge in [0.2, 0.25) is 5.91 Å². The standard InChI is InChI=1S/C14H19N5O2/c1-10-5-16-18(7-10)8-13(20)19-3-4-21-9-12(19)14-11(2)6-15-17-14/h5-7,12H,3-4,8-9H2,1-2H3,(H,15,17). The molecule has 0 radical (unpaired) electrons. The molecule has 0 aliphatic carbocycles. The second-order valence-corrected chi connectivity index (χ2v) is 5.36. The number of aromatic nitrogens is 4. The van der Waals surface area contributed by atoms with E-state index < -0.39 is 0 Å². The van der Waals surface area contributed by atoms with E-state index in [1.165, 1.54) is 0 Å². The van der Waals surface area contributed by atoms with Gasteiger partial charge in [-0.1, -0.05) is 0 Å². The molecule has 1 N–H and O–H groups in total. The summed E-state index contributed by atoms with van der Waals surface area (Å²) >= 11 is 0. The number of amides is 1. The highest BCUT2D eigenvalue weighted by molar-refractivity contribution is 5.76. The number of rotatable bonds is 3. The van der Waals surface area contributed by atoms with Gasteiger partial charge in [-0.3, -0.25) is 14.6 Å². The largest absolute Gasteiger partial charge is 0.377 e. The van der Waals surface area contributed by atoms with E-state index in [-0.39, 0.29) is 18.5 Å². The summed E-state index contributed by atoms with van der Waals surface area (Å²) in [5.74, 6) is 0.0420. The van der Waals surface area contributed by atoms with Crippen LogP contribution < -0.4 is 0 Å². The number of carbonyl (C=O) groups is 1. The highest BCUT2D eigenvalue weighted by atomic mass is 16.5. The molecule has 0 spiro atoms. The fraction of sp³-hybridized carbons (Fsp3) is 0.500. The number of H-pyrrole nitrogens is 1. The highest BCUT2D eigenvalue weighted by Gasteiger charge is 2.30. The van der Waals surface area contributed by atoms with Crippen LogP contribution in [0.5, 0.6) is 0 Å². The average Bonchev–Trinajstić information content (AvgIpc) is 3.07. The molecule has 7 heteroatoms. The molecule has 0 aromatic carbocycles. The molecule has 7 nitrogen and oxygen atoms in total. The van der Waals surface area contributed by atoms with Crippen LogP contribution in [0.1, 0.15) is 22.9 Å². The number of nitrogens with one attached hydrogen (secondary N) is 1. The summed E-state index contributed by atoms with van der Waals surface area (Å²) in [6.07, 6.45) is 5.39. The summed E-state index contributed by atoms with van der Waals surface area (Å²) < 4.78 is 7.20. The molecule has 2 aromatic heterocycles. The zero-order chi connectivity index (χ0) is 14.8. The van der Waals surface area contributed by atoms with Crippen LogP contribution in [0.3, 0.4) is 0 Å². The van der Waals surface area contributed by atoms with Gasteiger partial charge in [-0.2, -0.15) is 10.2 Å². The van der Waals surface area contributed by atoms with Crippen molar-refractivity contribution in [3.63, 3.8) is 0 Å².